The second kappa shape index (κ2) is 9.60. The highest BCUT2D eigenvalue weighted by Gasteiger charge is 2.22. The molecule has 0 aromatic carbocycles. The molecule has 5 nitrogen and oxygen atoms in total. The average molecular weight is 365 g/mol. The molecule has 0 spiro atoms. The second-order valence-corrected chi connectivity index (χ2v) is 8.53. The maximum absolute atomic E-state index is 12.4. The van der Waals surface area contributed by atoms with Gasteiger partial charge >= 0.3 is 0 Å². The number of aryl methyl sites for hydroxylation is 1. The molecule has 2 aliphatic rings. The molecule has 1 aromatic heterocycles. The molecule has 1 aromatic rings. The molecule has 3 rings (SSSR count). The Kier molecular flexibility index (Phi) is 7.20. The molecule has 2 saturated carbocycles. The normalized spacial score (nSPS) is 20.8. The van der Waals surface area contributed by atoms with Gasteiger partial charge in [0, 0.05) is 12.1 Å². The molecule has 1 amide bonds. The Balaban J connectivity index is 1.51. The minimum absolute atomic E-state index is 0.145. The molecule has 1 N–H and O–H groups in total. The molecule has 0 saturated heterocycles. The van der Waals surface area contributed by atoms with E-state index >= 15 is 0 Å². The molecule has 140 valence electrons. The zero-order chi connectivity index (χ0) is 17.5. The number of nitrogens with one attached hydrogen (secondary N) is 1. The number of thioether (sulfide) groups is 1. The first-order chi connectivity index (χ1) is 12.2. The van der Waals surface area contributed by atoms with Crippen LogP contribution >= 0.6 is 11.8 Å². The Hall–Kier alpha value is -1.04. The Bertz CT molecular complexity index is 546. The number of carbonyl (C=O) groups excluding carboxylic acids is 1. The fourth-order valence-corrected chi connectivity index (χ4v) is 5.07. The second-order valence-electron chi connectivity index (χ2n) is 7.59. The highest BCUT2D eigenvalue weighted by atomic mass is 32.2. The number of hydrogen-bond acceptors (Lipinski definition) is 4. The Labute approximate surface area is 155 Å². The summed E-state index contributed by atoms with van der Waals surface area (Å²) in [5.41, 5.74) is 0. The Morgan fingerprint density at radius 2 is 1.60 bits per heavy atom. The number of amides is 1. The summed E-state index contributed by atoms with van der Waals surface area (Å²) < 4.78 is 2.27. The van der Waals surface area contributed by atoms with Gasteiger partial charge in [0.05, 0.1) is 5.75 Å². The summed E-state index contributed by atoms with van der Waals surface area (Å²) in [6.07, 6.45) is 15.1. The third-order valence-corrected chi connectivity index (χ3v) is 6.52. The Morgan fingerprint density at radius 3 is 2.32 bits per heavy atom. The SMILES string of the molecule is Cc1nnc(SCC(=O)NC2CCCCCCC2)n1C1CCCCC1. The van der Waals surface area contributed by atoms with E-state index < -0.39 is 0 Å². The van der Waals surface area contributed by atoms with Crippen LogP contribution < -0.4 is 5.32 Å². The molecule has 0 unspecified atom stereocenters. The molecule has 2 aliphatic carbocycles. The van der Waals surface area contributed by atoms with Gasteiger partial charge in [-0.15, -0.1) is 10.2 Å². The van der Waals surface area contributed by atoms with Crippen LogP contribution in [0.4, 0.5) is 0 Å². The first kappa shape index (κ1) is 18.7. The number of aromatic nitrogens is 3. The van der Waals surface area contributed by atoms with Crippen molar-refractivity contribution in [2.75, 3.05) is 5.75 Å². The molecule has 0 radical (unpaired) electrons. The van der Waals surface area contributed by atoms with Crippen molar-refractivity contribution in [3.63, 3.8) is 0 Å². The first-order valence-electron chi connectivity index (χ1n) is 10.1. The van der Waals surface area contributed by atoms with Gasteiger partial charge in [-0.1, -0.05) is 63.1 Å². The van der Waals surface area contributed by atoms with Crippen LogP contribution in [-0.2, 0) is 4.79 Å². The summed E-state index contributed by atoms with van der Waals surface area (Å²) in [6, 6.07) is 0.881. The van der Waals surface area contributed by atoms with Crippen molar-refractivity contribution < 1.29 is 4.79 Å². The molecule has 2 fully saturated rings. The van der Waals surface area contributed by atoms with Crippen LogP contribution in [0.3, 0.4) is 0 Å². The lowest BCUT2D eigenvalue weighted by Crippen LogP contribution is -2.36. The van der Waals surface area contributed by atoms with Gasteiger partial charge in [-0.05, 0) is 32.6 Å². The lowest BCUT2D eigenvalue weighted by Gasteiger charge is -2.25. The van der Waals surface area contributed by atoms with Gasteiger partial charge in [0.25, 0.3) is 0 Å². The van der Waals surface area contributed by atoms with Crippen molar-refractivity contribution in [3.8, 4) is 0 Å². The topological polar surface area (TPSA) is 59.8 Å². The van der Waals surface area contributed by atoms with Crippen LogP contribution in [0.25, 0.3) is 0 Å². The van der Waals surface area contributed by atoms with Crippen molar-refractivity contribution in [1.29, 1.82) is 0 Å². The van der Waals surface area contributed by atoms with Crippen LogP contribution in [0.15, 0.2) is 5.16 Å². The number of hydrogen-bond donors (Lipinski definition) is 1. The number of rotatable bonds is 5. The maximum atomic E-state index is 12.4. The van der Waals surface area contributed by atoms with E-state index in [-0.39, 0.29) is 5.91 Å². The van der Waals surface area contributed by atoms with E-state index in [1.807, 2.05) is 6.92 Å². The van der Waals surface area contributed by atoms with Gasteiger partial charge in [0.1, 0.15) is 5.82 Å². The van der Waals surface area contributed by atoms with Gasteiger partial charge in [-0.3, -0.25) is 4.79 Å². The van der Waals surface area contributed by atoms with Crippen molar-refractivity contribution in [2.45, 2.75) is 101 Å². The van der Waals surface area contributed by atoms with E-state index in [9.17, 15) is 4.79 Å². The number of carbonyl (C=O) groups is 1. The highest BCUT2D eigenvalue weighted by molar-refractivity contribution is 7.99. The highest BCUT2D eigenvalue weighted by Crippen LogP contribution is 2.32. The van der Waals surface area contributed by atoms with Crippen LogP contribution in [0.5, 0.6) is 0 Å². The average Bonchev–Trinajstić information content (AvgIpc) is 2.97. The molecule has 25 heavy (non-hydrogen) atoms. The van der Waals surface area contributed by atoms with Crippen molar-refractivity contribution in [1.82, 2.24) is 20.1 Å². The first-order valence-corrected chi connectivity index (χ1v) is 11.1. The molecular formula is C19H32N4OS. The standard InChI is InChI=1S/C19H32N4OS/c1-15-21-22-19(23(15)17-12-8-5-9-13-17)25-14-18(24)20-16-10-6-3-2-4-7-11-16/h16-17H,2-14H2,1H3,(H,20,24). The third-order valence-electron chi connectivity index (χ3n) is 5.58. The van der Waals surface area contributed by atoms with Gasteiger partial charge in [-0.25, -0.2) is 0 Å². The van der Waals surface area contributed by atoms with Crippen LogP contribution in [0, 0.1) is 6.92 Å². The van der Waals surface area contributed by atoms with Gasteiger partial charge in [0.15, 0.2) is 5.16 Å². The molecule has 0 bridgehead atoms. The molecule has 1 heterocycles. The fourth-order valence-electron chi connectivity index (χ4n) is 4.21. The molecule has 6 heteroatoms. The minimum Gasteiger partial charge on any atom is -0.353 e. The lowest BCUT2D eigenvalue weighted by molar-refractivity contribution is -0.119. The maximum Gasteiger partial charge on any atom is 0.230 e. The smallest absolute Gasteiger partial charge is 0.230 e. The van der Waals surface area contributed by atoms with E-state index in [0.717, 1.165) is 23.8 Å². The summed E-state index contributed by atoms with van der Waals surface area (Å²) >= 11 is 1.54. The monoisotopic (exact) mass is 364 g/mol. The van der Waals surface area contributed by atoms with Gasteiger partial charge in [-0.2, -0.15) is 0 Å². The quantitative estimate of drug-likeness (QED) is 0.786. The minimum atomic E-state index is 0.145. The van der Waals surface area contributed by atoms with Gasteiger partial charge in [0.2, 0.25) is 5.91 Å². The van der Waals surface area contributed by atoms with Crippen molar-refractivity contribution in [2.24, 2.45) is 0 Å². The molecular weight excluding hydrogens is 332 g/mol. The zero-order valence-electron chi connectivity index (χ0n) is 15.5. The van der Waals surface area contributed by atoms with Crippen molar-refractivity contribution in [3.05, 3.63) is 5.82 Å². The summed E-state index contributed by atoms with van der Waals surface area (Å²) in [5.74, 6) is 1.57. The van der Waals surface area contributed by atoms with E-state index in [4.69, 9.17) is 0 Å². The summed E-state index contributed by atoms with van der Waals surface area (Å²) in [7, 11) is 0. The van der Waals surface area contributed by atoms with E-state index in [0.29, 0.717) is 17.8 Å². The fraction of sp³-hybridized carbons (Fsp3) is 0.842. The molecule has 0 atom stereocenters. The largest absolute Gasteiger partial charge is 0.353 e. The van der Waals surface area contributed by atoms with Crippen LogP contribution in [0.1, 0.15) is 88.9 Å². The summed E-state index contributed by atoms with van der Waals surface area (Å²) in [4.78, 5) is 12.4. The zero-order valence-corrected chi connectivity index (χ0v) is 16.3. The predicted octanol–water partition coefficient (Wildman–Crippen LogP) is 4.41. The number of nitrogens with zero attached hydrogens (tertiary/aromatic N) is 3. The van der Waals surface area contributed by atoms with E-state index in [1.165, 1.54) is 64.2 Å². The van der Waals surface area contributed by atoms with Crippen LogP contribution in [0.2, 0.25) is 0 Å². The predicted molar refractivity (Wildman–Crippen MR) is 102 cm³/mol. The molecule has 0 aliphatic heterocycles. The van der Waals surface area contributed by atoms with E-state index in [1.54, 1.807) is 11.8 Å². The third kappa shape index (κ3) is 5.47. The van der Waals surface area contributed by atoms with Gasteiger partial charge < -0.3 is 9.88 Å². The van der Waals surface area contributed by atoms with E-state index in [2.05, 4.69) is 20.1 Å². The lowest BCUT2D eigenvalue weighted by atomic mass is 9.95. The summed E-state index contributed by atoms with van der Waals surface area (Å²) in [5, 5.41) is 12.8. The summed E-state index contributed by atoms with van der Waals surface area (Å²) in [6.45, 7) is 2.03. The van der Waals surface area contributed by atoms with Crippen molar-refractivity contribution >= 4 is 17.7 Å². The van der Waals surface area contributed by atoms with Crippen LogP contribution in [-0.4, -0.2) is 32.5 Å². The Morgan fingerprint density at radius 1 is 1.00 bits per heavy atom.